The van der Waals surface area contributed by atoms with Crippen molar-refractivity contribution < 1.29 is 18.7 Å². The first-order chi connectivity index (χ1) is 12.4. The maximum absolute atomic E-state index is 14.0. The van der Waals surface area contributed by atoms with Crippen molar-refractivity contribution in [3.8, 4) is 11.5 Å². The number of carbonyl (C=O) groups is 1. The van der Waals surface area contributed by atoms with Crippen molar-refractivity contribution in [1.82, 2.24) is 9.88 Å². The third-order valence-electron chi connectivity index (χ3n) is 4.16. The molecule has 7 heteroatoms. The minimum atomic E-state index is -0.473. The molecule has 6 nitrogen and oxygen atoms in total. The van der Waals surface area contributed by atoms with Crippen molar-refractivity contribution in [2.24, 2.45) is 0 Å². The number of hydrogen-bond donors (Lipinski definition) is 1. The fourth-order valence-corrected chi connectivity index (χ4v) is 2.68. The third-order valence-corrected chi connectivity index (χ3v) is 4.16. The number of pyridine rings is 1. The number of methoxy groups -OCH3 is 1. The molecule has 0 atom stereocenters. The Morgan fingerprint density at radius 1 is 1.23 bits per heavy atom. The monoisotopic (exact) mass is 362 g/mol. The predicted octanol–water partition coefficient (Wildman–Crippen LogP) is 2.49. The molecule has 0 unspecified atom stereocenters. The van der Waals surface area contributed by atoms with Crippen LogP contribution < -0.4 is 15.0 Å². The molecule has 0 radical (unpaired) electrons. The first kappa shape index (κ1) is 19.5. The van der Waals surface area contributed by atoms with Gasteiger partial charge in [-0.1, -0.05) is 0 Å². The molecule has 2 aromatic rings. The van der Waals surface area contributed by atoms with E-state index < -0.39 is 5.82 Å². The van der Waals surface area contributed by atoms with E-state index in [0.29, 0.717) is 23.3 Å². The maximum atomic E-state index is 14.0. The van der Waals surface area contributed by atoms with Gasteiger partial charge in [-0.15, -0.1) is 0 Å². The summed E-state index contributed by atoms with van der Waals surface area (Å²) in [5, 5.41) is 0. The van der Waals surface area contributed by atoms with Crippen molar-refractivity contribution in [2.45, 2.75) is 27.3 Å². The molecular formula is C19H23FN2O4. The number of hydrogen-bond acceptors (Lipinski definition) is 4. The quantitative estimate of drug-likeness (QED) is 0.733. The van der Waals surface area contributed by atoms with E-state index in [2.05, 4.69) is 4.98 Å². The van der Waals surface area contributed by atoms with Crippen LogP contribution in [0.4, 0.5) is 4.39 Å². The van der Waals surface area contributed by atoms with E-state index in [9.17, 15) is 14.0 Å². The average molecular weight is 362 g/mol. The molecule has 26 heavy (non-hydrogen) atoms. The molecule has 2 rings (SSSR count). The van der Waals surface area contributed by atoms with Crippen molar-refractivity contribution in [2.75, 3.05) is 20.3 Å². The molecule has 0 aliphatic heterocycles. The Labute approximate surface area is 151 Å². The molecular weight excluding hydrogens is 339 g/mol. The molecule has 0 saturated carbocycles. The van der Waals surface area contributed by atoms with Gasteiger partial charge in [0.2, 0.25) is 6.41 Å². The van der Waals surface area contributed by atoms with Crippen LogP contribution in [0.3, 0.4) is 0 Å². The summed E-state index contributed by atoms with van der Waals surface area (Å²) in [5.41, 5.74) is 2.27. The van der Waals surface area contributed by atoms with Crippen LogP contribution in [0, 0.1) is 26.6 Å². The Balaban J connectivity index is 2.01. The van der Waals surface area contributed by atoms with Gasteiger partial charge in [0.05, 0.1) is 20.2 Å². The van der Waals surface area contributed by atoms with Crippen LogP contribution in [0.25, 0.3) is 0 Å². The molecule has 0 aliphatic rings. The Bertz CT molecular complexity index is 848. The molecule has 1 aromatic heterocycles. The number of aromatic nitrogens is 1. The molecule has 1 aromatic carbocycles. The number of carbonyl (C=O) groups excluding carboxylic acids is 1. The highest BCUT2D eigenvalue weighted by Gasteiger charge is 2.13. The standard InChI is InChI=1S/C19H23FN2O4/c1-12-9-13(2)21-19(24)15(12)10-22(11-23)7-8-26-16-5-6-17(25-4)18(20)14(16)3/h5-6,9,11H,7-8,10H2,1-4H3,(H,21,24). The fourth-order valence-electron chi connectivity index (χ4n) is 2.68. The van der Waals surface area contributed by atoms with Crippen LogP contribution in [-0.4, -0.2) is 36.6 Å². The van der Waals surface area contributed by atoms with Gasteiger partial charge in [-0.05, 0) is 44.5 Å². The van der Waals surface area contributed by atoms with Gasteiger partial charge in [0.15, 0.2) is 11.6 Å². The van der Waals surface area contributed by atoms with Gasteiger partial charge in [0.25, 0.3) is 5.56 Å². The van der Waals surface area contributed by atoms with Crippen LogP contribution in [-0.2, 0) is 11.3 Å². The summed E-state index contributed by atoms with van der Waals surface area (Å²) in [4.78, 5) is 27.6. The van der Waals surface area contributed by atoms with Crippen LogP contribution in [0.5, 0.6) is 11.5 Å². The van der Waals surface area contributed by atoms with E-state index >= 15 is 0 Å². The Kier molecular flexibility index (Phi) is 6.38. The Hall–Kier alpha value is -2.83. The van der Waals surface area contributed by atoms with E-state index in [0.717, 1.165) is 11.3 Å². The number of nitrogens with one attached hydrogen (secondary N) is 1. The van der Waals surface area contributed by atoms with E-state index in [4.69, 9.17) is 9.47 Å². The largest absolute Gasteiger partial charge is 0.494 e. The molecule has 140 valence electrons. The van der Waals surface area contributed by atoms with E-state index in [1.165, 1.54) is 18.1 Å². The highest BCUT2D eigenvalue weighted by atomic mass is 19.1. The zero-order valence-electron chi connectivity index (χ0n) is 15.4. The summed E-state index contributed by atoms with van der Waals surface area (Å²) >= 11 is 0. The topological polar surface area (TPSA) is 71.6 Å². The van der Waals surface area contributed by atoms with Crippen molar-refractivity contribution in [3.63, 3.8) is 0 Å². The summed E-state index contributed by atoms with van der Waals surface area (Å²) in [7, 11) is 1.40. The van der Waals surface area contributed by atoms with Gasteiger partial charge in [-0.25, -0.2) is 4.39 Å². The second-order valence-corrected chi connectivity index (χ2v) is 6.07. The minimum absolute atomic E-state index is 0.151. The molecule has 0 fully saturated rings. The molecule has 0 aliphatic carbocycles. The smallest absolute Gasteiger partial charge is 0.253 e. The number of aryl methyl sites for hydroxylation is 2. The van der Waals surface area contributed by atoms with E-state index in [1.807, 2.05) is 13.0 Å². The first-order valence-electron chi connectivity index (χ1n) is 8.22. The van der Waals surface area contributed by atoms with Gasteiger partial charge < -0.3 is 19.4 Å². The predicted molar refractivity (Wildman–Crippen MR) is 96.2 cm³/mol. The molecule has 0 bridgehead atoms. The fraction of sp³-hybridized carbons (Fsp3) is 0.368. The number of ether oxygens (including phenoxy) is 2. The van der Waals surface area contributed by atoms with Crippen LogP contribution >= 0.6 is 0 Å². The summed E-state index contributed by atoms with van der Waals surface area (Å²) in [6, 6.07) is 4.97. The van der Waals surface area contributed by atoms with Crippen molar-refractivity contribution >= 4 is 6.41 Å². The minimum Gasteiger partial charge on any atom is -0.494 e. The van der Waals surface area contributed by atoms with E-state index in [1.54, 1.807) is 19.9 Å². The lowest BCUT2D eigenvalue weighted by Gasteiger charge is -2.19. The highest BCUT2D eigenvalue weighted by Crippen LogP contribution is 2.27. The Morgan fingerprint density at radius 2 is 1.92 bits per heavy atom. The number of benzene rings is 1. The normalized spacial score (nSPS) is 10.5. The SMILES string of the molecule is COc1ccc(OCCN(C=O)Cc2c(C)cc(C)[nH]c2=O)c(C)c1F. The number of rotatable bonds is 8. The number of nitrogens with zero attached hydrogens (tertiary/aromatic N) is 1. The van der Waals surface area contributed by atoms with Gasteiger partial charge in [0.1, 0.15) is 12.4 Å². The lowest BCUT2D eigenvalue weighted by Crippen LogP contribution is -2.30. The summed E-state index contributed by atoms with van der Waals surface area (Å²) in [6.07, 6.45) is 0.670. The number of aromatic amines is 1. The highest BCUT2D eigenvalue weighted by molar-refractivity contribution is 5.47. The second kappa shape index (κ2) is 8.51. The second-order valence-electron chi connectivity index (χ2n) is 6.07. The zero-order chi connectivity index (χ0) is 19.3. The van der Waals surface area contributed by atoms with Crippen LogP contribution in [0.1, 0.15) is 22.4 Å². The summed E-state index contributed by atoms with van der Waals surface area (Å²) in [6.45, 7) is 5.86. The van der Waals surface area contributed by atoms with Crippen LogP contribution in [0.15, 0.2) is 23.0 Å². The molecule has 0 saturated heterocycles. The lowest BCUT2D eigenvalue weighted by atomic mass is 10.1. The number of H-pyrrole nitrogens is 1. The molecule has 0 spiro atoms. The van der Waals surface area contributed by atoms with Gasteiger partial charge in [-0.3, -0.25) is 9.59 Å². The van der Waals surface area contributed by atoms with Crippen molar-refractivity contribution in [3.05, 3.63) is 56.8 Å². The zero-order valence-corrected chi connectivity index (χ0v) is 15.4. The molecule has 1 N–H and O–H groups in total. The van der Waals surface area contributed by atoms with Gasteiger partial charge >= 0.3 is 0 Å². The molecule has 1 amide bonds. The van der Waals surface area contributed by atoms with Crippen molar-refractivity contribution in [1.29, 1.82) is 0 Å². The Morgan fingerprint density at radius 3 is 2.54 bits per heavy atom. The number of amides is 1. The van der Waals surface area contributed by atoms with Crippen LogP contribution in [0.2, 0.25) is 0 Å². The lowest BCUT2D eigenvalue weighted by molar-refractivity contribution is -0.119. The third kappa shape index (κ3) is 4.41. The summed E-state index contributed by atoms with van der Waals surface area (Å²) < 4.78 is 24.5. The molecule has 1 heterocycles. The average Bonchev–Trinajstić information content (AvgIpc) is 2.60. The summed E-state index contributed by atoms with van der Waals surface area (Å²) in [5.74, 6) is 0.0657. The van der Waals surface area contributed by atoms with Gasteiger partial charge in [-0.2, -0.15) is 0 Å². The van der Waals surface area contributed by atoms with Gasteiger partial charge in [0, 0.05) is 16.8 Å². The first-order valence-corrected chi connectivity index (χ1v) is 8.22. The number of halogens is 1. The van der Waals surface area contributed by atoms with E-state index in [-0.39, 0.29) is 31.0 Å². The maximum Gasteiger partial charge on any atom is 0.253 e.